The van der Waals surface area contributed by atoms with Gasteiger partial charge in [0, 0.05) is 28.2 Å². The fraction of sp³-hybridized carbons (Fsp3) is 0.562. The minimum absolute atomic E-state index is 0.0159. The summed E-state index contributed by atoms with van der Waals surface area (Å²) in [5, 5.41) is 2.98. The third-order valence-electron chi connectivity index (χ3n) is 3.60. The van der Waals surface area contributed by atoms with Crippen molar-refractivity contribution in [3.63, 3.8) is 0 Å². The van der Waals surface area contributed by atoms with Gasteiger partial charge in [-0.05, 0) is 45.2 Å². The molecule has 1 fully saturated rings. The largest absolute Gasteiger partial charge is 0.491 e. The Hall–Kier alpha value is -1.07. The number of ether oxygens (including phenoxy) is 1. The predicted molar refractivity (Wildman–Crippen MR) is 88.5 cm³/mol. The first-order valence-electron chi connectivity index (χ1n) is 7.47. The topological polar surface area (TPSA) is 64.3 Å². The quantitative estimate of drug-likeness (QED) is 0.866. The van der Waals surface area contributed by atoms with E-state index in [1.54, 1.807) is 0 Å². The first kappa shape index (κ1) is 16.3. The molecule has 1 aromatic rings. The summed E-state index contributed by atoms with van der Waals surface area (Å²) in [4.78, 5) is 12.3. The molecule has 0 spiro atoms. The van der Waals surface area contributed by atoms with Gasteiger partial charge in [-0.25, -0.2) is 0 Å². The number of rotatable bonds is 4. The average molecular weight is 355 g/mol. The Labute approximate surface area is 134 Å². The van der Waals surface area contributed by atoms with E-state index in [-0.39, 0.29) is 24.0 Å². The predicted octanol–water partition coefficient (Wildman–Crippen LogP) is 3.69. The van der Waals surface area contributed by atoms with Crippen LogP contribution in [0.15, 0.2) is 22.7 Å². The minimum atomic E-state index is 0.0159. The summed E-state index contributed by atoms with van der Waals surface area (Å²) in [5.41, 5.74) is 6.71. The number of hydrogen-bond donors (Lipinski definition) is 2. The number of carbonyl (C=O) groups is 1. The zero-order valence-corrected chi connectivity index (χ0v) is 14.2. The number of amides is 1. The van der Waals surface area contributed by atoms with Crippen LogP contribution in [0, 0.1) is 5.92 Å². The Morgan fingerprint density at radius 3 is 2.81 bits per heavy atom. The van der Waals surface area contributed by atoms with E-state index in [1.165, 1.54) is 0 Å². The molecule has 5 heteroatoms. The lowest BCUT2D eigenvalue weighted by Gasteiger charge is -2.25. The average Bonchev–Trinajstić information content (AvgIpc) is 2.37. The highest BCUT2D eigenvalue weighted by atomic mass is 79.9. The molecule has 1 aliphatic rings. The molecule has 0 saturated heterocycles. The molecule has 2 rings (SSSR count). The van der Waals surface area contributed by atoms with Gasteiger partial charge in [0.25, 0.3) is 0 Å². The minimum Gasteiger partial charge on any atom is -0.491 e. The molecule has 1 amide bonds. The van der Waals surface area contributed by atoms with Crippen molar-refractivity contribution in [2.75, 3.05) is 5.32 Å². The van der Waals surface area contributed by atoms with Gasteiger partial charge in [0.2, 0.25) is 5.91 Å². The zero-order chi connectivity index (χ0) is 15.4. The Balaban J connectivity index is 2.04. The van der Waals surface area contributed by atoms with Crippen molar-refractivity contribution in [2.24, 2.45) is 11.7 Å². The third kappa shape index (κ3) is 5.00. The van der Waals surface area contributed by atoms with Gasteiger partial charge in [-0.2, -0.15) is 0 Å². The number of benzene rings is 1. The van der Waals surface area contributed by atoms with Gasteiger partial charge < -0.3 is 15.8 Å². The van der Waals surface area contributed by atoms with E-state index in [0.717, 1.165) is 41.6 Å². The fourth-order valence-electron chi connectivity index (χ4n) is 2.69. The first-order chi connectivity index (χ1) is 9.94. The highest BCUT2D eigenvalue weighted by molar-refractivity contribution is 9.10. The Bertz CT molecular complexity index is 505. The van der Waals surface area contributed by atoms with Crippen LogP contribution < -0.4 is 15.8 Å². The summed E-state index contributed by atoms with van der Waals surface area (Å²) in [5.74, 6) is 0.816. The van der Waals surface area contributed by atoms with Gasteiger partial charge in [-0.15, -0.1) is 0 Å². The van der Waals surface area contributed by atoms with E-state index in [2.05, 4.69) is 21.2 Å². The maximum absolute atomic E-state index is 12.3. The van der Waals surface area contributed by atoms with Crippen LogP contribution in [0.1, 0.15) is 39.5 Å². The molecular weight excluding hydrogens is 332 g/mol. The second-order valence-corrected chi connectivity index (χ2v) is 6.87. The van der Waals surface area contributed by atoms with E-state index in [9.17, 15) is 4.79 Å². The van der Waals surface area contributed by atoms with E-state index in [4.69, 9.17) is 10.5 Å². The molecule has 2 atom stereocenters. The molecule has 0 aliphatic heterocycles. The summed E-state index contributed by atoms with van der Waals surface area (Å²) in [7, 11) is 0. The second-order valence-electron chi connectivity index (χ2n) is 5.96. The van der Waals surface area contributed by atoms with Crippen molar-refractivity contribution in [2.45, 2.75) is 51.7 Å². The summed E-state index contributed by atoms with van der Waals surface area (Å²) in [6.07, 6.45) is 3.84. The van der Waals surface area contributed by atoms with Crippen molar-refractivity contribution in [3.05, 3.63) is 22.7 Å². The molecule has 2 unspecified atom stereocenters. The van der Waals surface area contributed by atoms with Gasteiger partial charge in [0.1, 0.15) is 5.75 Å². The Morgan fingerprint density at radius 1 is 1.38 bits per heavy atom. The van der Waals surface area contributed by atoms with Gasteiger partial charge >= 0.3 is 0 Å². The lowest BCUT2D eigenvalue weighted by Crippen LogP contribution is -2.34. The third-order valence-corrected chi connectivity index (χ3v) is 4.05. The summed E-state index contributed by atoms with van der Waals surface area (Å²) in [6, 6.07) is 5.78. The van der Waals surface area contributed by atoms with Crippen molar-refractivity contribution in [3.8, 4) is 5.75 Å². The van der Waals surface area contributed by atoms with Crippen molar-refractivity contribution in [1.29, 1.82) is 0 Å². The van der Waals surface area contributed by atoms with Crippen molar-refractivity contribution in [1.82, 2.24) is 0 Å². The molecule has 0 radical (unpaired) electrons. The standard InChI is InChI=1S/C16H23BrN2O2/c1-10(2)21-15-8-12(17)7-14(9-15)19-16(20)11-4-3-5-13(18)6-11/h7-11,13H,3-6,18H2,1-2H3,(H,19,20). The van der Waals surface area contributed by atoms with Crippen molar-refractivity contribution >= 4 is 27.5 Å². The highest BCUT2D eigenvalue weighted by Crippen LogP contribution is 2.28. The van der Waals surface area contributed by atoms with Crippen LogP contribution in [-0.2, 0) is 4.79 Å². The Morgan fingerprint density at radius 2 is 2.14 bits per heavy atom. The van der Waals surface area contributed by atoms with E-state index in [0.29, 0.717) is 0 Å². The van der Waals surface area contributed by atoms with E-state index < -0.39 is 0 Å². The van der Waals surface area contributed by atoms with Gasteiger partial charge in [0.05, 0.1) is 6.10 Å². The monoisotopic (exact) mass is 354 g/mol. The lowest BCUT2D eigenvalue weighted by molar-refractivity contribution is -0.120. The molecule has 1 aromatic carbocycles. The molecule has 4 nitrogen and oxygen atoms in total. The molecular formula is C16H23BrN2O2. The second kappa shape index (κ2) is 7.27. The molecule has 0 bridgehead atoms. The fourth-order valence-corrected chi connectivity index (χ4v) is 3.16. The lowest BCUT2D eigenvalue weighted by atomic mass is 9.85. The number of nitrogens with two attached hydrogens (primary N) is 1. The SMILES string of the molecule is CC(C)Oc1cc(Br)cc(NC(=O)C2CCCC(N)C2)c1. The maximum atomic E-state index is 12.3. The normalized spacial score (nSPS) is 22.1. The molecule has 1 saturated carbocycles. The highest BCUT2D eigenvalue weighted by Gasteiger charge is 2.25. The summed E-state index contributed by atoms with van der Waals surface area (Å²) < 4.78 is 6.56. The molecule has 21 heavy (non-hydrogen) atoms. The van der Waals surface area contributed by atoms with Crippen LogP contribution >= 0.6 is 15.9 Å². The number of nitrogens with one attached hydrogen (secondary N) is 1. The van der Waals surface area contributed by atoms with Crippen LogP contribution in [0.3, 0.4) is 0 Å². The number of anilines is 1. The summed E-state index contributed by atoms with van der Waals surface area (Å²) >= 11 is 3.45. The van der Waals surface area contributed by atoms with Gasteiger partial charge in [0.15, 0.2) is 0 Å². The van der Waals surface area contributed by atoms with E-state index >= 15 is 0 Å². The molecule has 1 aliphatic carbocycles. The van der Waals surface area contributed by atoms with Gasteiger partial charge in [-0.3, -0.25) is 4.79 Å². The van der Waals surface area contributed by atoms with Crippen molar-refractivity contribution < 1.29 is 9.53 Å². The van der Waals surface area contributed by atoms with Gasteiger partial charge in [-0.1, -0.05) is 22.4 Å². The smallest absolute Gasteiger partial charge is 0.227 e. The van der Waals surface area contributed by atoms with Crippen LogP contribution in [-0.4, -0.2) is 18.1 Å². The van der Waals surface area contributed by atoms with E-state index in [1.807, 2.05) is 32.0 Å². The number of hydrogen-bond acceptors (Lipinski definition) is 3. The number of halogens is 1. The van der Waals surface area contributed by atoms with Crippen LogP contribution in [0.25, 0.3) is 0 Å². The zero-order valence-electron chi connectivity index (χ0n) is 12.6. The molecule has 3 N–H and O–H groups in total. The van der Waals surface area contributed by atoms with Crippen LogP contribution in [0.2, 0.25) is 0 Å². The summed E-state index contributed by atoms with van der Waals surface area (Å²) in [6.45, 7) is 3.95. The van der Waals surface area contributed by atoms with Crippen LogP contribution in [0.4, 0.5) is 5.69 Å². The molecule has 0 heterocycles. The number of carbonyl (C=O) groups excluding carboxylic acids is 1. The maximum Gasteiger partial charge on any atom is 0.227 e. The first-order valence-corrected chi connectivity index (χ1v) is 8.27. The van der Waals surface area contributed by atoms with Crippen LogP contribution in [0.5, 0.6) is 5.75 Å². The molecule has 0 aromatic heterocycles. The molecule has 116 valence electrons. The Kier molecular flexibility index (Phi) is 5.65.